The summed E-state index contributed by atoms with van der Waals surface area (Å²) in [5.41, 5.74) is 0.106. The standard InChI is InChI=1S/C15H17N3O5/c1-18(2)23-14(19)13-11(21-4)8-10(20-3)9-12(13)22-15-16-6-5-7-17-15/h5-9H,1-4H3. The summed E-state index contributed by atoms with van der Waals surface area (Å²) in [5.74, 6) is 0.232. The van der Waals surface area contributed by atoms with Crippen LogP contribution in [0.3, 0.4) is 0 Å². The van der Waals surface area contributed by atoms with Gasteiger partial charge in [0.1, 0.15) is 17.1 Å². The van der Waals surface area contributed by atoms with Crippen LogP contribution < -0.4 is 14.2 Å². The van der Waals surface area contributed by atoms with Crippen LogP contribution in [0.4, 0.5) is 0 Å². The molecule has 2 rings (SSSR count). The fourth-order valence-corrected chi connectivity index (χ4v) is 1.77. The predicted molar refractivity (Wildman–Crippen MR) is 80.8 cm³/mol. The van der Waals surface area contributed by atoms with Crippen LogP contribution in [0.2, 0.25) is 0 Å². The molecule has 8 nitrogen and oxygen atoms in total. The number of rotatable bonds is 6. The Morgan fingerprint density at radius 3 is 2.26 bits per heavy atom. The molecule has 0 bridgehead atoms. The second kappa shape index (κ2) is 7.41. The third-order valence-electron chi connectivity index (χ3n) is 2.71. The highest BCUT2D eigenvalue weighted by atomic mass is 16.7. The van der Waals surface area contributed by atoms with Crippen LogP contribution in [0.5, 0.6) is 23.3 Å². The van der Waals surface area contributed by atoms with Gasteiger partial charge in [-0.3, -0.25) is 0 Å². The molecule has 0 N–H and O–H groups in total. The Morgan fingerprint density at radius 1 is 1.04 bits per heavy atom. The monoisotopic (exact) mass is 319 g/mol. The highest BCUT2D eigenvalue weighted by Crippen LogP contribution is 2.36. The Kier molecular flexibility index (Phi) is 5.32. The molecule has 0 aliphatic carbocycles. The maximum Gasteiger partial charge on any atom is 0.364 e. The van der Waals surface area contributed by atoms with E-state index in [-0.39, 0.29) is 23.1 Å². The first-order chi connectivity index (χ1) is 11.0. The van der Waals surface area contributed by atoms with E-state index >= 15 is 0 Å². The van der Waals surface area contributed by atoms with E-state index < -0.39 is 5.97 Å². The van der Waals surface area contributed by atoms with E-state index in [0.29, 0.717) is 5.75 Å². The molecule has 0 aliphatic rings. The Morgan fingerprint density at radius 2 is 1.70 bits per heavy atom. The van der Waals surface area contributed by atoms with Gasteiger partial charge in [0.15, 0.2) is 5.75 Å². The van der Waals surface area contributed by atoms with E-state index in [1.807, 2.05) is 0 Å². The van der Waals surface area contributed by atoms with Crippen molar-refractivity contribution in [2.75, 3.05) is 28.3 Å². The minimum atomic E-state index is -0.638. The summed E-state index contributed by atoms with van der Waals surface area (Å²) in [7, 11) is 6.11. The first-order valence-electron chi connectivity index (χ1n) is 6.65. The summed E-state index contributed by atoms with van der Waals surface area (Å²) in [6.07, 6.45) is 3.05. The van der Waals surface area contributed by atoms with Crippen molar-refractivity contribution in [3.05, 3.63) is 36.2 Å². The van der Waals surface area contributed by atoms with E-state index in [0.717, 1.165) is 0 Å². The third-order valence-corrected chi connectivity index (χ3v) is 2.71. The molecule has 0 amide bonds. The SMILES string of the molecule is COc1cc(OC)c(C(=O)ON(C)C)c(Oc2ncccn2)c1. The number of hydrogen-bond donors (Lipinski definition) is 0. The number of aromatic nitrogens is 2. The lowest BCUT2D eigenvalue weighted by Gasteiger charge is -2.16. The minimum Gasteiger partial charge on any atom is -0.496 e. The maximum atomic E-state index is 12.3. The van der Waals surface area contributed by atoms with Crippen LogP contribution in [0.1, 0.15) is 10.4 Å². The summed E-state index contributed by atoms with van der Waals surface area (Å²) < 4.78 is 16.0. The fourth-order valence-electron chi connectivity index (χ4n) is 1.77. The summed E-state index contributed by atoms with van der Waals surface area (Å²) >= 11 is 0. The van der Waals surface area contributed by atoms with Gasteiger partial charge in [-0.05, 0) is 6.07 Å². The smallest absolute Gasteiger partial charge is 0.364 e. The van der Waals surface area contributed by atoms with Gasteiger partial charge in [0.25, 0.3) is 0 Å². The molecule has 0 spiro atoms. The lowest BCUT2D eigenvalue weighted by molar-refractivity contribution is -0.0716. The van der Waals surface area contributed by atoms with Crippen LogP contribution in [0.15, 0.2) is 30.6 Å². The van der Waals surface area contributed by atoms with Crippen molar-refractivity contribution in [1.82, 2.24) is 15.0 Å². The van der Waals surface area contributed by atoms with Gasteiger partial charge in [0.05, 0.1) is 14.2 Å². The zero-order chi connectivity index (χ0) is 16.8. The predicted octanol–water partition coefficient (Wildman–Crippen LogP) is 1.92. The highest BCUT2D eigenvalue weighted by Gasteiger charge is 2.24. The van der Waals surface area contributed by atoms with Gasteiger partial charge < -0.3 is 19.0 Å². The lowest BCUT2D eigenvalue weighted by Crippen LogP contribution is -2.19. The molecular weight excluding hydrogens is 302 g/mol. The van der Waals surface area contributed by atoms with Gasteiger partial charge in [-0.2, -0.15) is 0 Å². The van der Waals surface area contributed by atoms with Crippen molar-refractivity contribution in [1.29, 1.82) is 0 Å². The van der Waals surface area contributed by atoms with E-state index in [1.54, 1.807) is 26.2 Å². The van der Waals surface area contributed by atoms with Crippen molar-refractivity contribution >= 4 is 5.97 Å². The van der Waals surface area contributed by atoms with Gasteiger partial charge in [0, 0.05) is 38.6 Å². The average Bonchev–Trinajstić information content (AvgIpc) is 2.54. The van der Waals surface area contributed by atoms with Crippen molar-refractivity contribution in [2.24, 2.45) is 0 Å². The number of hydroxylamine groups is 2. The van der Waals surface area contributed by atoms with E-state index in [9.17, 15) is 4.79 Å². The van der Waals surface area contributed by atoms with Crippen LogP contribution in [-0.4, -0.2) is 49.3 Å². The molecule has 122 valence electrons. The summed E-state index contributed by atoms with van der Waals surface area (Å²) in [6.45, 7) is 0. The number of methoxy groups -OCH3 is 2. The number of nitrogens with zero attached hydrogens (tertiary/aromatic N) is 3. The van der Waals surface area contributed by atoms with Crippen molar-refractivity contribution in [2.45, 2.75) is 0 Å². The molecule has 0 atom stereocenters. The molecule has 1 aromatic heterocycles. The van der Waals surface area contributed by atoms with Crippen molar-refractivity contribution in [3.8, 4) is 23.3 Å². The van der Waals surface area contributed by atoms with E-state index in [4.69, 9.17) is 19.0 Å². The fraction of sp³-hybridized carbons (Fsp3) is 0.267. The molecule has 23 heavy (non-hydrogen) atoms. The van der Waals surface area contributed by atoms with Crippen molar-refractivity contribution in [3.63, 3.8) is 0 Å². The first-order valence-corrected chi connectivity index (χ1v) is 6.65. The Bertz CT molecular complexity index is 676. The Balaban J connectivity index is 2.49. The molecule has 0 aliphatic heterocycles. The zero-order valence-electron chi connectivity index (χ0n) is 13.3. The maximum absolute atomic E-state index is 12.3. The zero-order valence-corrected chi connectivity index (χ0v) is 13.3. The third kappa shape index (κ3) is 4.07. The molecule has 1 aromatic carbocycles. The van der Waals surface area contributed by atoms with Crippen LogP contribution in [0, 0.1) is 0 Å². The number of ether oxygens (including phenoxy) is 3. The number of benzene rings is 1. The number of carbonyl (C=O) groups is 1. The lowest BCUT2D eigenvalue weighted by atomic mass is 10.1. The molecule has 1 heterocycles. The average molecular weight is 319 g/mol. The molecular formula is C15H17N3O5. The summed E-state index contributed by atoms with van der Waals surface area (Å²) in [5, 5.41) is 1.27. The molecule has 0 saturated heterocycles. The normalized spacial score (nSPS) is 10.3. The quantitative estimate of drug-likeness (QED) is 0.747. The largest absolute Gasteiger partial charge is 0.496 e. The summed E-state index contributed by atoms with van der Waals surface area (Å²) in [4.78, 5) is 25.4. The molecule has 0 fully saturated rings. The van der Waals surface area contributed by atoms with E-state index in [2.05, 4.69) is 9.97 Å². The van der Waals surface area contributed by atoms with Gasteiger partial charge in [-0.1, -0.05) is 0 Å². The second-order valence-electron chi connectivity index (χ2n) is 4.53. The highest BCUT2D eigenvalue weighted by molar-refractivity contribution is 5.96. The second-order valence-corrected chi connectivity index (χ2v) is 4.53. The Hall–Kier alpha value is -2.87. The summed E-state index contributed by atoms with van der Waals surface area (Å²) in [6, 6.07) is 4.83. The van der Waals surface area contributed by atoms with Crippen molar-refractivity contribution < 1.29 is 23.8 Å². The molecule has 2 aromatic rings. The first kappa shape index (κ1) is 16.5. The van der Waals surface area contributed by atoms with Gasteiger partial charge in [-0.25, -0.2) is 14.8 Å². The van der Waals surface area contributed by atoms with Crippen LogP contribution in [0.25, 0.3) is 0 Å². The minimum absolute atomic E-state index is 0.0849. The molecule has 0 radical (unpaired) electrons. The Labute approximate surface area is 133 Å². The molecule has 0 unspecified atom stereocenters. The van der Waals surface area contributed by atoms with E-state index in [1.165, 1.54) is 37.7 Å². The molecule has 0 saturated carbocycles. The molecule has 8 heteroatoms. The van der Waals surface area contributed by atoms with Gasteiger partial charge in [0.2, 0.25) is 0 Å². The van der Waals surface area contributed by atoms with Crippen LogP contribution in [-0.2, 0) is 4.84 Å². The van der Waals surface area contributed by atoms with Gasteiger partial charge >= 0.3 is 12.0 Å². The number of hydrogen-bond acceptors (Lipinski definition) is 8. The van der Waals surface area contributed by atoms with Gasteiger partial charge in [-0.15, -0.1) is 5.06 Å². The topological polar surface area (TPSA) is 83.0 Å². The number of carbonyl (C=O) groups excluding carboxylic acids is 1. The van der Waals surface area contributed by atoms with Crippen LogP contribution >= 0.6 is 0 Å².